The first-order valence-corrected chi connectivity index (χ1v) is 5.13. The fourth-order valence-electron chi connectivity index (χ4n) is 1.77. The Hall–Kier alpha value is -1.03. The quantitative estimate of drug-likeness (QED) is 0.788. The first-order chi connectivity index (χ1) is 6.75. The lowest BCUT2D eigenvalue weighted by atomic mass is 10.1. The van der Waals surface area contributed by atoms with Crippen molar-refractivity contribution in [3.8, 4) is 0 Å². The van der Waals surface area contributed by atoms with Crippen molar-refractivity contribution in [2.75, 3.05) is 18.9 Å². The Kier molecular flexibility index (Phi) is 2.72. The minimum Gasteiger partial charge on any atom is -0.396 e. The van der Waals surface area contributed by atoms with Crippen LogP contribution in [0.3, 0.4) is 0 Å². The van der Waals surface area contributed by atoms with Crippen molar-refractivity contribution in [3.63, 3.8) is 0 Å². The summed E-state index contributed by atoms with van der Waals surface area (Å²) in [5, 5.41) is 4.32. The summed E-state index contributed by atoms with van der Waals surface area (Å²) < 4.78 is 7.25. The van der Waals surface area contributed by atoms with Crippen molar-refractivity contribution in [1.82, 2.24) is 9.78 Å². The average Bonchev–Trinajstić information content (AvgIpc) is 2.74. The van der Waals surface area contributed by atoms with Crippen LogP contribution >= 0.6 is 0 Å². The van der Waals surface area contributed by atoms with Gasteiger partial charge in [0.05, 0.1) is 11.4 Å². The molecule has 0 radical (unpaired) electrons. The standard InChI is InChI=1S/C10H17N3O/c1-8-10(11)6-13(12-8)4-2-9-3-5-14-7-9/h6,9H,2-5,7,11H2,1H3. The summed E-state index contributed by atoms with van der Waals surface area (Å²) in [6.07, 6.45) is 4.24. The van der Waals surface area contributed by atoms with Gasteiger partial charge in [0.15, 0.2) is 0 Å². The number of rotatable bonds is 3. The molecule has 2 heterocycles. The van der Waals surface area contributed by atoms with E-state index in [1.807, 2.05) is 17.8 Å². The Morgan fingerprint density at radius 2 is 2.57 bits per heavy atom. The van der Waals surface area contributed by atoms with Gasteiger partial charge in [0.1, 0.15) is 0 Å². The molecule has 78 valence electrons. The van der Waals surface area contributed by atoms with Crippen LogP contribution in [0.25, 0.3) is 0 Å². The molecule has 1 aromatic rings. The molecule has 0 saturated carbocycles. The Morgan fingerprint density at radius 1 is 1.71 bits per heavy atom. The molecule has 0 aromatic carbocycles. The maximum atomic E-state index is 5.72. The van der Waals surface area contributed by atoms with Crippen LogP contribution in [0.2, 0.25) is 0 Å². The van der Waals surface area contributed by atoms with Crippen molar-refractivity contribution < 1.29 is 4.74 Å². The second kappa shape index (κ2) is 4.00. The SMILES string of the molecule is Cc1nn(CCC2CCOC2)cc1N. The fraction of sp³-hybridized carbons (Fsp3) is 0.700. The number of nitrogens with two attached hydrogens (primary N) is 1. The number of hydrogen-bond acceptors (Lipinski definition) is 3. The Morgan fingerprint density at radius 3 is 3.14 bits per heavy atom. The molecule has 1 unspecified atom stereocenters. The van der Waals surface area contributed by atoms with Gasteiger partial charge in [-0.05, 0) is 25.7 Å². The summed E-state index contributed by atoms with van der Waals surface area (Å²) in [4.78, 5) is 0. The summed E-state index contributed by atoms with van der Waals surface area (Å²) in [5.41, 5.74) is 7.42. The fourth-order valence-corrected chi connectivity index (χ4v) is 1.77. The third-order valence-electron chi connectivity index (χ3n) is 2.77. The summed E-state index contributed by atoms with van der Waals surface area (Å²) in [7, 11) is 0. The molecule has 1 fully saturated rings. The highest BCUT2D eigenvalue weighted by Gasteiger charge is 2.15. The lowest BCUT2D eigenvalue weighted by molar-refractivity contribution is 0.183. The first-order valence-electron chi connectivity index (χ1n) is 5.13. The number of ether oxygens (including phenoxy) is 1. The van der Waals surface area contributed by atoms with Gasteiger partial charge in [0.25, 0.3) is 0 Å². The monoisotopic (exact) mass is 195 g/mol. The van der Waals surface area contributed by atoms with Gasteiger partial charge in [-0.25, -0.2) is 0 Å². The molecule has 4 nitrogen and oxygen atoms in total. The van der Waals surface area contributed by atoms with Crippen molar-refractivity contribution in [3.05, 3.63) is 11.9 Å². The normalized spacial score (nSPS) is 21.6. The Labute approximate surface area is 84.0 Å². The van der Waals surface area contributed by atoms with Gasteiger partial charge >= 0.3 is 0 Å². The van der Waals surface area contributed by atoms with Crippen molar-refractivity contribution in [2.45, 2.75) is 26.3 Å². The molecule has 1 aliphatic rings. The molecule has 2 N–H and O–H groups in total. The van der Waals surface area contributed by atoms with Crippen molar-refractivity contribution in [2.24, 2.45) is 5.92 Å². The third kappa shape index (κ3) is 2.07. The van der Waals surface area contributed by atoms with Crippen LogP contribution in [0.1, 0.15) is 18.5 Å². The predicted molar refractivity (Wildman–Crippen MR) is 54.9 cm³/mol. The topological polar surface area (TPSA) is 53.1 Å². The summed E-state index contributed by atoms with van der Waals surface area (Å²) >= 11 is 0. The second-order valence-electron chi connectivity index (χ2n) is 3.95. The highest BCUT2D eigenvalue weighted by Crippen LogP contribution is 2.17. The van der Waals surface area contributed by atoms with Gasteiger partial charge in [-0.3, -0.25) is 4.68 Å². The highest BCUT2D eigenvalue weighted by molar-refractivity contribution is 5.39. The molecule has 0 aliphatic carbocycles. The van der Waals surface area contributed by atoms with E-state index in [0.29, 0.717) is 5.92 Å². The lowest BCUT2D eigenvalue weighted by Gasteiger charge is -2.06. The van der Waals surface area contributed by atoms with Crippen LogP contribution in [0.5, 0.6) is 0 Å². The second-order valence-corrected chi connectivity index (χ2v) is 3.95. The first kappa shape index (κ1) is 9.52. The maximum Gasteiger partial charge on any atom is 0.0822 e. The van der Waals surface area contributed by atoms with Crippen molar-refractivity contribution in [1.29, 1.82) is 0 Å². The van der Waals surface area contributed by atoms with Crippen LogP contribution in [0.15, 0.2) is 6.20 Å². The van der Waals surface area contributed by atoms with E-state index in [4.69, 9.17) is 10.5 Å². The number of nitrogen functional groups attached to an aromatic ring is 1. The molecule has 1 saturated heterocycles. The number of aromatic nitrogens is 2. The van der Waals surface area contributed by atoms with Gasteiger partial charge in [0.2, 0.25) is 0 Å². The molecule has 4 heteroatoms. The van der Waals surface area contributed by atoms with Crippen LogP contribution < -0.4 is 5.73 Å². The molecule has 2 rings (SSSR count). The van der Waals surface area contributed by atoms with E-state index in [0.717, 1.165) is 37.6 Å². The van der Waals surface area contributed by atoms with Crippen LogP contribution in [-0.4, -0.2) is 23.0 Å². The predicted octanol–water partition coefficient (Wildman–Crippen LogP) is 1.20. The average molecular weight is 195 g/mol. The zero-order valence-electron chi connectivity index (χ0n) is 8.57. The van der Waals surface area contributed by atoms with Gasteiger partial charge in [-0.1, -0.05) is 0 Å². The molecular weight excluding hydrogens is 178 g/mol. The molecular formula is C10H17N3O. The van der Waals surface area contributed by atoms with E-state index >= 15 is 0 Å². The lowest BCUT2D eigenvalue weighted by Crippen LogP contribution is -2.06. The number of nitrogens with zero attached hydrogens (tertiary/aromatic N) is 2. The van der Waals surface area contributed by atoms with Gasteiger partial charge < -0.3 is 10.5 Å². The third-order valence-corrected chi connectivity index (χ3v) is 2.77. The number of anilines is 1. The number of aryl methyl sites for hydroxylation is 2. The molecule has 0 spiro atoms. The molecule has 0 bridgehead atoms. The molecule has 0 amide bonds. The van der Waals surface area contributed by atoms with E-state index in [1.165, 1.54) is 6.42 Å². The zero-order valence-corrected chi connectivity index (χ0v) is 8.57. The highest BCUT2D eigenvalue weighted by atomic mass is 16.5. The molecule has 14 heavy (non-hydrogen) atoms. The van der Waals surface area contributed by atoms with Crippen LogP contribution in [0, 0.1) is 12.8 Å². The molecule has 1 aromatic heterocycles. The zero-order chi connectivity index (χ0) is 9.97. The smallest absolute Gasteiger partial charge is 0.0822 e. The Balaban J connectivity index is 1.85. The minimum absolute atomic E-state index is 0.709. The maximum absolute atomic E-state index is 5.72. The van der Waals surface area contributed by atoms with E-state index < -0.39 is 0 Å². The largest absolute Gasteiger partial charge is 0.396 e. The van der Waals surface area contributed by atoms with Gasteiger partial charge in [0, 0.05) is 26.0 Å². The minimum atomic E-state index is 0.709. The summed E-state index contributed by atoms with van der Waals surface area (Å²) in [6, 6.07) is 0. The van der Waals surface area contributed by atoms with E-state index in [1.54, 1.807) is 0 Å². The van der Waals surface area contributed by atoms with Crippen molar-refractivity contribution >= 4 is 5.69 Å². The molecule has 1 atom stereocenters. The summed E-state index contributed by atoms with van der Waals surface area (Å²) in [6.45, 7) is 4.72. The Bertz CT molecular complexity index is 283. The van der Waals surface area contributed by atoms with Crippen LogP contribution in [-0.2, 0) is 11.3 Å². The summed E-state index contributed by atoms with van der Waals surface area (Å²) in [5.74, 6) is 0.709. The van der Waals surface area contributed by atoms with Gasteiger partial charge in [-0.2, -0.15) is 5.10 Å². The van der Waals surface area contributed by atoms with E-state index in [2.05, 4.69) is 5.10 Å². The van der Waals surface area contributed by atoms with Gasteiger partial charge in [-0.15, -0.1) is 0 Å². The number of hydrogen-bond donors (Lipinski definition) is 1. The van der Waals surface area contributed by atoms with E-state index in [-0.39, 0.29) is 0 Å². The van der Waals surface area contributed by atoms with E-state index in [9.17, 15) is 0 Å². The van der Waals surface area contributed by atoms with Crippen LogP contribution in [0.4, 0.5) is 5.69 Å². The molecule has 1 aliphatic heterocycles.